The molecule has 0 unspecified atom stereocenters. The Balaban J connectivity index is 2.33. The summed E-state index contributed by atoms with van der Waals surface area (Å²) in [5.74, 6) is 0. The maximum atomic E-state index is 6.24. The summed E-state index contributed by atoms with van der Waals surface area (Å²) in [6.07, 6.45) is 1.06. The Morgan fingerprint density at radius 1 is 1.00 bits per heavy atom. The first-order valence-electron chi connectivity index (χ1n) is 6.83. The lowest BCUT2D eigenvalue weighted by Gasteiger charge is -2.09. The molecule has 0 amide bonds. The van der Waals surface area contributed by atoms with Gasteiger partial charge in [0, 0.05) is 11.6 Å². The van der Waals surface area contributed by atoms with Gasteiger partial charge >= 0.3 is 0 Å². The lowest BCUT2D eigenvalue weighted by molar-refractivity contribution is 0.727. The van der Waals surface area contributed by atoms with E-state index in [9.17, 15) is 0 Å². The SMILES string of the molecule is CCNCc1cc(-c2cccc(CC)c2)ccc1Cl. The zero-order valence-corrected chi connectivity index (χ0v) is 12.3. The van der Waals surface area contributed by atoms with Crippen molar-refractivity contribution in [1.29, 1.82) is 0 Å². The second kappa shape index (κ2) is 6.74. The van der Waals surface area contributed by atoms with Crippen LogP contribution in [0.2, 0.25) is 5.02 Å². The second-order valence-corrected chi connectivity index (χ2v) is 5.05. The topological polar surface area (TPSA) is 12.0 Å². The number of halogens is 1. The standard InChI is InChI=1S/C17H20ClN/c1-3-13-6-5-7-14(10-13)15-8-9-17(18)16(11-15)12-19-4-2/h5-11,19H,3-4,12H2,1-2H3. The van der Waals surface area contributed by atoms with Gasteiger partial charge in [-0.15, -0.1) is 0 Å². The van der Waals surface area contributed by atoms with E-state index in [1.165, 1.54) is 16.7 Å². The van der Waals surface area contributed by atoms with Crippen LogP contribution < -0.4 is 5.32 Å². The number of hydrogen-bond donors (Lipinski definition) is 1. The fraction of sp³-hybridized carbons (Fsp3) is 0.294. The van der Waals surface area contributed by atoms with Gasteiger partial charge in [-0.2, -0.15) is 0 Å². The molecule has 2 heteroatoms. The van der Waals surface area contributed by atoms with Crippen molar-refractivity contribution in [2.75, 3.05) is 6.54 Å². The van der Waals surface area contributed by atoms with Crippen LogP contribution in [0.3, 0.4) is 0 Å². The molecule has 0 bridgehead atoms. The van der Waals surface area contributed by atoms with Crippen LogP contribution in [0.1, 0.15) is 25.0 Å². The average molecular weight is 274 g/mol. The van der Waals surface area contributed by atoms with E-state index in [4.69, 9.17) is 11.6 Å². The van der Waals surface area contributed by atoms with Gasteiger partial charge < -0.3 is 5.32 Å². The summed E-state index contributed by atoms with van der Waals surface area (Å²) < 4.78 is 0. The van der Waals surface area contributed by atoms with Crippen molar-refractivity contribution in [3.63, 3.8) is 0 Å². The van der Waals surface area contributed by atoms with Crippen molar-refractivity contribution >= 4 is 11.6 Å². The van der Waals surface area contributed by atoms with E-state index < -0.39 is 0 Å². The quantitative estimate of drug-likeness (QED) is 0.834. The van der Waals surface area contributed by atoms with Gasteiger partial charge in [0.15, 0.2) is 0 Å². The molecule has 0 radical (unpaired) electrons. The predicted octanol–water partition coefficient (Wildman–Crippen LogP) is 4.68. The van der Waals surface area contributed by atoms with Gasteiger partial charge in [-0.1, -0.05) is 55.8 Å². The summed E-state index contributed by atoms with van der Waals surface area (Å²) in [5, 5.41) is 4.15. The van der Waals surface area contributed by atoms with Crippen molar-refractivity contribution in [3.05, 3.63) is 58.6 Å². The zero-order chi connectivity index (χ0) is 13.7. The minimum atomic E-state index is 0.816. The predicted molar refractivity (Wildman–Crippen MR) is 83.6 cm³/mol. The molecule has 0 heterocycles. The Morgan fingerprint density at radius 2 is 1.79 bits per heavy atom. The van der Waals surface area contributed by atoms with E-state index in [2.05, 4.69) is 55.6 Å². The van der Waals surface area contributed by atoms with Crippen molar-refractivity contribution in [2.24, 2.45) is 0 Å². The van der Waals surface area contributed by atoms with E-state index >= 15 is 0 Å². The molecule has 0 aliphatic heterocycles. The van der Waals surface area contributed by atoms with Crippen LogP contribution in [0.4, 0.5) is 0 Å². The molecule has 0 aromatic heterocycles. The molecule has 0 atom stereocenters. The summed E-state index contributed by atoms with van der Waals surface area (Å²) in [6, 6.07) is 14.9. The molecule has 1 nitrogen and oxygen atoms in total. The number of benzene rings is 2. The normalized spacial score (nSPS) is 10.7. The summed E-state index contributed by atoms with van der Waals surface area (Å²) in [7, 11) is 0. The third-order valence-electron chi connectivity index (χ3n) is 3.28. The molecular weight excluding hydrogens is 254 g/mol. The zero-order valence-electron chi connectivity index (χ0n) is 11.5. The van der Waals surface area contributed by atoms with Crippen LogP contribution in [0.15, 0.2) is 42.5 Å². The Kier molecular flexibility index (Phi) is 5.00. The molecule has 2 aromatic rings. The first kappa shape index (κ1) is 14.1. The van der Waals surface area contributed by atoms with E-state index in [1.54, 1.807) is 0 Å². The number of nitrogens with one attached hydrogen (secondary N) is 1. The van der Waals surface area contributed by atoms with E-state index in [0.29, 0.717) is 0 Å². The minimum Gasteiger partial charge on any atom is -0.313 e. The summed E-state index contributed by atoms with van der Waals surface area (Å²) in [5.41, 5.74) is 5.00. The van der Waals surface area contributed by atoms with Crippen LogP contribution in [0, 0.1) is 0 Å². The van der Waals surface area contributed by atoms with Gasteiger partial charge in [-0.25, -0.2) is 0 Å². The van der Waals surface area contributed by atoms with Gasteiger partial charge in [0.2, 0.25) is 0 Å². The average Bonchev–Trinajstić information content (AvgIpc) is 2.46. The highest BCUT2D eigenvalue weighted by Gasteiger charge is 2.04. The maximum absolute atomic E-state index is 6.24. The minimum absolute atomic E-state index is 0.816. The lowest BCUT2D eigenvalue weighted by Crippen LogP contribution is -2.12. The van der Waals surface area contributed by atoms with Crippen molar-refractivity contribution in [3.8, 4) is 11.1 Å². The number of hydrogen-bond acceptors (Lipinski definition) is 1. The molecule has 2 rings (SSSR count). The second-order valence-electron chi connectivity index (χ2n) is 4.64. The van der Waals surface area contributed by atoms with Crippen LogP contribution in [-0.4, -0.2) is 6.54 Å². The molecule has 0 saturated carbocycles. The van der Waals surface area contributed by atoms with E-state index in [0.717, 1.165) is 30.1 Å². The molecule has 0 spiro atoms. The first-order valence-corrected chi connectivity index (χ1v) is 7.20. The van der Waals surface area contributed by atoms with Crippen LogP contribution in [0.25, 0.3) is 11.1 Å². The van der Waals surface area contributed by atoms with E-state index in [-0.39, 0.29) is 0 Å². The van der Waals surface area contributed by atoms with Crippen LogP contribution >= 0.6 is 11.6 Å². The van der Waals surface area contributed by atoms with Crippen LogP contribution in [-0.2, 0) is 13.0 Å². The fourth-order valence-corrected chi connectivity index (χ4v) is 2.30. The van der Waals surface area contributed by atoms with Crippen molar-refractivity contribution in [2.45, 2.75) is 26.8 Å². The lowest BCUT2D eigenvalue weighted by atomic mass is 10.0. The molecule has 100 valence electrons. The molecule has 0 fully saturated rings. The smallest absolute Gasteiger partial charge is 0.0451 e. The van der Waals surface area contributed by atoms with Crippen molar-refractivity contribution < 1.29 is 0 Å². The monoisotopic (exact) mass is 273 g/mol. The summed E-state index contributed by atoms with van der Waals surface area (Å²) in [6.45, 7) is 6.04. The number of aryl methyl sites for hydroxylation is 1. The Morgan fingerprint density at radius 3 is 2.53 bits per heavy atom. The highest BCUT2D eigenvalue weighted by atomic mass is 35.5. The highest BCUT2D eigenvalue weighted by Crippen LogP contribution is 2.26. The Hall–Kier alpha value is -1.31. The summed E-state index contributed by atoms with van der Waals surface area (Å²) in [4.78, 5) is 0. The third-order valence-corrected chi connectivity index (χ3v) is 3.65. The highest BCUT2D eigenvalue weighted by molar-refractivity contribution is 6.31. The van der Waals surface area contributed by atoms with Gasteiger partial charge in [0.05, 0.1) is 0 Å². The number of rotatable bonds is 5. The van der Waals surface area contributed by atoms with Gasteiger partial charge in [0.25, 0.3) is 0 Å². The van der Waals surface area contributed by atoms with Gasteiger partial charge in [-0.05, 0) is 47.4 Å². The third kappa shape index (κ3) is 3.59. The molecule has 0 aliphatic carbocycles. The first-order chi connectivity index (χ1) is 9.24. The van der Waals surface area contributed by atoms with E-state index in [1.807, 2.05) is 6.07 Å². The molecule has 1 N–H and O–H groups in total. The van der Waals surface area contributed by atoms with Crippen LogP contribution in [0.5, 0.6) is 0 Å². The Bertz CT molecular complexity index is 549. The maximum Gasteiger partial charge on any atom is 0.0451 e. The van der Waals surface area contributed by atoms with Gasteiger partial charge in [0.1, 0.15) is 0 Å². The molecular formula is C17H20ClN. The molecule has 0 saturated heterocycles. The fourth-order valence-electron chi connectivity index (χ4n) is 2.12. The largest absolute Gasteiger partial charge is 0.313 e. The molecule has 0 aliphatic rings. The Labute approximate surface area is 120 Å². The summed E-state index contributed by atoms with van der Waals surface area (Å²) >= 11 is 6.24. The van der Waals surface area contributed by atoms with Gasteiger partial charge in [-0.3, -0.25) is 0 Å². The van der Waals surface area contributed by atoms with Crippen molar-refractivity contribution in [1.82, 2.24) is 5.32 Å². The molecule has 19 heavy (non-hydrogen) atoms. The molecule has 2 aromatic carbocycles.